The predicted molar refractivity (Wildman–Crippen MR) is 83.5 cm³/mol. The Morgan fingerprint density at radius 2 is 1.96 bits per heavy atom. The summed E-state index contributed by atoms with van der Waals surface area (Å²) in [4.78, 5) is 24.4. The Morgan fingerprint density at radius 3 is 2.74 bits per heavy atom. The molecule has 3 rings (SSSR count). The minimum atomic E-state index is -0.259. The van der Waals surface area contributed by atoms with E-state index in [1.165, 1.54) is 0 Å². The quantitative estimate of drug-likeness (QED) is 0.723. The zero-order valence-corrected chi connectivity index (χ0v) is 12.3. The van der Waals surface area contributed by atoms with Gasteiger partial charge < -0.3 is 15.1 Å². The molecule has 0 aliphatic heterocycles. The van der Waals surface area contributed by atoms with E-state index in [1.54, 1.807) is 37.0 Å². The first-order valence-corrected chi connectivity index (χ1v) is 7.07. The van der Waals surface area contributed by atoms with Gasteiger partial charge in [-0.05, 0) is 35.9 Å². The maximum absolute atomic E-state index is 12.1. The third kappa shape index (κ3) is 4.13. The number of rotatable bonds is 6. The Hall–Kier alpha value is -3.22. The highest BCUT2D eigenvalue weighted by atomic mass is 16.3. The number of carbonyl (C=O) groups is 1. The molecule has 7 heteroatoms. The lowest BCUT2D eigenvalue weighted by atomic mass is 10.2. The fourth-order valence-corrected chi connectivity index (χ4v) is 1.92. The van der Waals surface area contributed by atoms with Gasteiger partial charge in [-0.2, -0.15) is 0 Å². The first-order valence-electron chi connectivity index (χ1n) is 7.07. The summed E-state index contributed by atoms with van der Waals surface area (Å²) in [5, 5.41) is 5.82. The van der Waals surface area contributed by atoms with Crippen LogP contribution in [0.1, 0.15) is 21.8 Å². The smallest absolute Gasteiger partial charge is 0.270 e. The van der Waals surface area contributed by atoms with E-state index in [4.69, 9.17) is 4.42 Å². The van der Waals surface area contributed by atoms with Gasteiger partial charge in [-0.3, -0.25) is 9.78 Å². The molecule has 0 aliphatic carbocycles. The van der Waals surface area contributed by atoms with Crippen LogP contribution in [-0.2, 0) is 13.1 Å². The highest BCUT2D eigenvalue weighted by Gasteiger charge is 2.08. The van der Waals surface area contributed by atoms with Crippen molar-refractivity contribution in [2.24, 2.45) is 0 Å². The lowest BCUT2D eigenvalue weighted by Gasteiger charge is -2.06. The molecule has 2 N–H and O–H groups in total. The lowest BCUT2D eigenvalue weighted by molar-refractivity contribution is 0.0946. The molecule has 3 aromatic rings. The first-order chi connectivity index (χ1) is 11.3. The molecule has 1 amide bonds. The van der Waals surface area contributed by atoms with E-state index in [2.05, 4.69) is 25.6 Å². The summed E-state index contributed by atoms with van der Waals surface area (Å²) in [5.41, 5.74) is 1.27. The second-order valence-corrected chi connectivity index (χ2v) is 4.74. The van der Waals surface area contributed by atoms with Gasteiger partial charge >= 0.3 is 0 Å². The Morgan fingerprint density at radius 1 is 1.09 bits per heavy atom. The van der Waals surface area contributed by atoms with E-state index in [0.717, 1.165) is 11.3 Å². The van der Waals surface area contributed by atoms with E-state index < -0.39 is 0 Å². The summed E-state index contributed by atoms with van der Waals surface area (Å²) in [6.45, 7) is 0.871. The Bertz CT molecular complexity index is 759. The molecule has 3 heterocycles. The highest BCUT2D eigenvalue weighted by Crippen LogP contribution is 2.05. The minimum Gasteiger partial charge on any atom is -0.467 e. The summed E-state index contributed by atoms with van der Waals surface area (Å²) < 4.78 is 5.22. The molecule has 7 nitrogen and oxygen atoms in total. The monoisotopic (exact) mass is 309 g/mol. The van der Waals surface area contributed by atoms with Crippen LogP contribution in [0, 0.1) is 0 Å². The third-order valence-electron chi connectivity index (χ3n) is 3.09. The molecular weight excluding hydrogens is 294 g/mol. The number of anilines is 1. The third-order valence-corrected chi connectivity index (χ3v) is 3.09. The minimum absolute atomic E-state index is 0.259. The van der Waals surface area contributed by atoms with Crippen LogP contribution in [0.25, 0.3) is 0 Å². The van der Waals surface area contributed by atoms with Gasteiger partial charge in [0.15, 0.2) is 0 Å². The molecule has 0 saturated heterocycles. The number of hydrogen-bond acceptors (Lipinski definition) is 6. The summed E-state index contributed by atoms with van der Waals surface area (Å²) in [5.74, 6) is 0.879. The second-order valence-electron chi connectivity index (χ2n) is 4.74. The molecule has 0 fully saturated rings. The van der Waals surface area contributed by atoms with Crippen LogP contribution in [-0.4, -0.2) is 20.9 Å². The zero-order chi connectivity index (χ0) is 15.9. The second kappa shape index (κ2) is 7.17. The summed E-state index contributed by atoms with van der Waals surface area (Å²) in [6.07, 6.45) is 6.51. The van der Waals surface area contributed by atoms with Crippen LogP contribution in [0.15, 0.2) is 59.6 Å². The summed E-state index contributed by atoms with van der Waals surface area (Å²) in [6, 6.07) is 8.91. The molecular formula is C16H15N5O2. The lowest BCUT2D eigenvalue weighted by Crippen LogP contribution is -2.24. The first kappa shape index (κ1) is 14.7. The van der Waals surface area contributed by atoms with Crippen molar-refractivity contribution in [3.8, 4) is 0 Å². The topological polar surface area (TPSA) is 92.9 Å². The van der Waals surface area contributed by atoms with Crippen LogP contribution < -0.4 is 10.6 Å². The SMILES string of the molecule is O=C(NCc1ccncc1)c1ccnc(NCc2ccco2)n1. The van der Waals surface area contributed by atoms with Crippen molar-refractivity contribution in [2.75, 3.05) is 5.32 Å². The standard InChI is InChI=1S/C16H15N5O2/c22-15(19-10-12-3-6-17-7-4-12)14-5-8-18-16(21-14)20-11-13-2-1-9-23-13/h1-9H,10-11H2,(H,19,22)(H,18,20,21). The number of aromatic nitrogens is 3. The maximum atomic E-state index is 12.1. The Labute approximate surface area is 132 Å². The fraction of sp³-hybridized carbons (Fsp3) is 0.125. The fourth-order valence-electron chi connectivity index (χ4n) is 1.92. The Kier molecular flexibility index (Phi) is 4.58. The maximum Gasteiger partial charge on any atom is 0.270 e. The highest BCUT2D eigenvalue weighted by molar-refractivity contribution is 5.92. The number of carbonyl (C=O) groups excluding carboxylic acids is 1. The van der Waals surface area contributed by atoms with Gasteiger partial charge in [-0.15, -0.1) is 0 Å². The van der Waals surface area contributed by atoms with Gasteiger partial charge in [0.1, 0.15) is 11.5 Å². The van der Waals surface area contributed by atoms with E-state index in [-0.39, 0.29) is 5.91 Å². The van der Waals surface area contributed by atoms with Crippen molar-refractivity contribution >= 4 is 11.9 Å². The molecule has 0 unspecified atom stereocenters. The number of nitrogens with one attached hydrogen (secondary N) is 2. The largest absolute Gasteiger partial charge is 0.467 e. The van der Waals surface area contributed by atoms with Crippen LogP contribution in [0.5, 0.6) is 0 Å². The Balaban J connectivity index is 1.58. The van der Waals surface area contributed by atoms with E-state index >= 15 is 0 Å². The van der Waals surface area contributed by atoms with Crippen molar-refractivity contribution in [1.82, 2.24) is 20.3 Å². The number of amides is 1. The van der Waals surface area contributed by atoms with Crippen LogP contribution in [0.4, 0.5) is 5.95 Å². The number of nitrogens with zero attached hydrogens (tertiary/aromatic N) is 3. The van der Waals surface area contributed by atoms with Crippen molar-refractivity contribution in [2.45, 2.75) is 13.1 Å². The van der Waals surface area contributed by atoms with E-state index in [1.807, 2.05) is 18.2 Å². The molecule has 3 aromatic heterocycles. The van der Waals surface area contributed by atoms with Crippen molar-refractivity contribution in [1.29, 1.82) is 0 Å². The number of furan rings is 1. The average Bonchev–Trinajstić information content (AvgIpc) is 3.12. The van der Waals surface area contributed by atoms with Gasteiger partial charge in [0.05, 0.1) is 12.8 Å². The molecule has 0 radical (unpaired) electrons. The van der Waals surface area contributed by atoms with E-state index in [9.17, 15) is 4.79 Å². The molecule has 0 bridgehead atoms. The van der Waals surface area contributed by atoms with Crippen molar-refractivity contribution in [3.63, 3.8) is 0 Å². The van der Waals surface area contributed by atoms with Gasteiger partial charge in [-0.1, -0.05) is 0 Å². The molecule has 0 aliphatic rings. The summed E-state index contributed by atoms with van der Waals surface area (Å²) in [7, 11) is 0. The van der Waals surface area contributed by atoms with Crippen molar-refractivity contribution < 1.29 is 9.21 Å². The average molecular weight is 309 g/mol. The van der Waals surface area contributed by atoms with Gasteiger partial charge in [0, 0.05) is 25.1 Å². The van der Waals surface area contributed by atoms with Crippen molar-refractivity contribution in [3.05, 3.63) is 72.2 Å². The van der Waals surface area contributed by atoms with E-state index in [0.29, 0.717) is 24.7 Å². The van der Waals surface area contributed by atoms with Gasteiger partial charge in [0.2, 0.25) is 5.95 Å². The molecule has 0 spiro atoms. The van der Waals surface area contributed by atoms with Crippen LogP contribution in [0.2, 0.25) is 0 Å². The molecule has 0 atom stereocenters. The zero-order valence-electron chi connectivity index (χ0n) is 12.3. The normalized spacial score (nSPS) is 10.3. The van der Waals surface area contributed by atoms with Gasteiger partial charge in [0.25, 0.3) is 5.91 Å². The predicted octanol–water partition coefficient (Wildman–Crippen LogP) is 2.01. The van der Waals surface area contributed by atoms with Crippen LogP contribution >= 0.6 is 0 Å². The molecule has 116 valence electrons. The molecule has 0 aromatic carbocycles. The van der Waals surface area contributed by atoms with Gasteiger partial charge in [-0.25, -0.2) is 9.97 Å². The molecule has 23 heavy (non-hydrogen) atoms. The number of pyridine rings is 1. The number of hydrogen-bond donors (Lipinski definition) is 2. The summed E-state index contributed by atoms with van der Waals surface area (Å²) >= 11 is 0. The van der Waals surface area contributed by atoms with Crippen LogP contribution in [0.3, 0.4) is 0 Å². The molecule has 0 saturated carbocycles.